The highest BCUT2D eigenvalue weighted by atomic mass is 16.2. The van der Waals surface area contributed by atoms with Crippen LogP contribution in [0.3, 0.4) is 0 Å². The Balaban J connectivity index is 2.53. The SMILES string of the molecule is CCCCCN(C)C(=O)c1ccc(N)nc1. The lowest BCUT2D eigenvalue weighted by molar-refractivity contribution is 0.0792. The fourth-order valence-electron chi connectivity index (χ4n) is 1.45. The van der Waals surface area contributed by atoms with Crippen molar-refractivity contribution in [1.29, 1.82) is 0 Å². The van der Waals surface area contributed by atoms with E-state index in [1.807, 2.05) is 7.05 Å². The van der Waals surface area contributed by atoms with Crippen LogP contribution < -0.4 is 5.73 Å². The molecule has 4 heteroatoms. The minimum Gasteiger partial charge on any atom is -0.384 e. The summed E-state index contributed by atoms with van der Waals surface area (Å²) in [5, 5.41) is 0. The number of nitrogens with two attached hydrogens (primary N) is 1. The lowest BCUT2D eigenvalue weighted by Gasteiger charge is -2.16. The van der Waals surface area contributed by atoms with E-state index >= 15 is 0 Å². The molecule has 88 valence electrons. The van der Waals surface area contributed by atoms with Gasteiger partial charge < -0.3 is 10.6 Å². The van der Waals surface area contributed by atoms with Gasteiger partial charge in [0.25, 0.3) is 5.91 Å². The number of amides is 1. The van der Waals surface area contributed by atoms with Crippen molar-refractivity contribution in [1.82, 2.24) is 9.88 Å². The Morgan fingerprint density at radius 3 is 2.75 bits per heavy atom. The first-order chi connectivity index (χ1) is 7.65. The summed E-state index contributed by atoms with van der Waals surface area (Å²) >= 11 is 0. The predicted molar refractivity (Wildman–Crippen MR) is 65.1 cm³/mol. The van der Waals surface area contributed by atoms with Crippen LogP contribution in [-0.2, 0) is 0 Å². The van der Waals surface area contributed by atoms with Crippen LogP contribution in [0, 0.1) is 0 Å². The first-order valence-electron chi connectivity index (χ1n) is 5.62. The smallest absolute Gasteiger partial charge is 0.255 e. The molecule has 1 amide bonds. The molecule has 0 unspecified atom stereocenters. The molecule has 0 aliphatic rings. The quantitative estimate of drug-likeness (QED) is 0.773. The molecule has 0 radical (unpaired) electrons. The van der Waals surface area contributed by atoms with Crippen molar-refractivity contribution >= 4 is 11.7 Å². The van der Waals surface area contributed by atoms with E-state index in [0.29, 0.717) is 11.4 Å². The largest absolute Gasteiger partial charge is 0.384 e. The van der Waals surface area contributed by atoms with E-state index in [2.05, 4.69) is 11.9 Å². The Bertz CT molecular complexity index is 335. The maximum Gasteiger partial charge on any atom is 0.255 e. The number of carbonyl (C=O) groups is 1. The Kier molecular flexibility index (Phi) is 4.76. The van der Waals surface area contributed by atoms with Gasteiger partial charge in [-0.1, -0.05) is 19.8 Å². The molecule has 1 aromatic heterocycles. The van der Waals surface area contributed by atoms with E-state index in [-0.39, 0.29) is 5.91 Å². The summed E-state index contributed by atoms with van der Waals surface area (Å²) in [4.78, 5) is 17.5. The minimum atomic E-state index is 0.00334. The topological polar surface area (TPSA) is 59.2 Å². The Morgan fingerprint density at radius 2 is 2.19 bits per heavy atom. The number of nitrogens with zero attached hydrogens (tertiary/aromatic N) is 2. The highest BCUT2D eigenvalue weighted by Crippen LogP contribution is 2.06. The van der Waals surface area contributed by atoms with E-state index in [9.17, 15) is 4.79 Å². The standard InChI is InChI=1S/C12H19N3O/c1-3-4-5-8-15(2)12(16)10-6-7-11(13)14-9-10/h6-7,9H,3-5,8H2,1-2H3,(H2,13,14). The second-order valence-corrected chi connectivity index (χ2v) is 3.91. The third kappa shape index (κ3) is 3.53. The number of unbranched alkanes of at least 4 members (excludes halogenated alkanes) is 2. The Hall–Kier alpha value is -1.58. The van der Waals surface area contributed by atoms with E-state index in [1.165, 1.54) is 6.20 Å². The van der Waals surface area contributed by atoms with Crippen LogP contribution in [0.1, 0.15) is 36.5 Å². The van der Waals surface area contributed by atoms with Crippen molar-refractivity contribution in [3.8, 4) is 0 Å². The maximum absolute atomic E-state index is 11.9. The van der Waals surface area contributed by atoms with Gasteiger partial charge in [0.2, 0.25) is 0 Å². The molecule has 4 nitrogen and oxygen atoms in total. The molecule has 16 heavy (non-hydrogen) atoms. The van der Waals surface area contributed by atoms with E-state index < -0.39 is 0 Å². The third-order valence-corrected chi connectivity index (χ3v) is 2.48. The van der Waals surface area contributed by atoms with Crippen molar-refractivity contribution in [3.05, 3.63) is 23.9 Å². The first kappa shape index (κ1) is 12.5. The molecule has 0 saturated heterocycles. The second-order valence-electron chi connectivity index (χ2n) is 3.91. The van der Waals surface area contributed by atoms with Crippen molar-refractivity contribution in [3.63, 3.8) is 0 Å². The van der Waals surface area contributed by atoms with Gasteiger partial charge in [-0.05, 0) is 18.6 Å². The van der Waals surface area contributed by atoms with Gasteiger partial charge in [0.15, 0.2) is 0 Å². The Morgan fingerprint density at radius 1 is 1.44 bits per heavy atom. The van der Waals surface area contributed by atoms with Gasteiger partial charge in [0, 0.05) is 19.8 Å². The van der Waals surface area contributed by atoms with Crippen LogP contribution in [0.15, 0.2) is 18.3 Å². The number of hydrogen-bond acceptors (Lipinski definition) is 3. The zero-order chi connectivity index (χ0) is 12.0. The average molecular weight is 221 g/mol. The molecule has 0 bridgehead atoms. The van der Waals surface area contributed by atoms with Crippen molar-refractivity contribution in [2.45, 2.75) is 26.2 Å². The summed E-state index contributed by atoms with van der Waals surface area (Å²) in [6, 6.07) is 3.36. The van der Waals surface area contributed by atoms with Gasteiger partial charge >= 0.3 is 0 Å². The molecule has 0 saturated carbocycles. The van der Waals surface area contributed by atoms with Crippen molar-refractivity contribution in [2.75, 3.05) is 19.3 Å². The normalized spacial score (nSPS) is 10.1. The zero-order valence-electron chi connectivity index (χ0n) is 9.94. The molecule has 1 heterocycles. The summed E-state index contributed by atoms with van der Waals surface area (Å²) in [6.07, 6.45) is 4.87. The summed E-state index contributed by atoms with van der Waals surface area (Å²) in [5.41, 5.74) is 6.06. The molecular weight excluding hydrogens is 202 g/mol. The summed E-state index contributed by atoms with van der Waals surface area (Å²) in [6.45, 7) is 2.93. The van der Waals surface area contributed by atoms with Crippen molar-refractivity contribution < 1.29 is 4.79 Å². The van der Waals surface area contributed by atoms with Gasteiger partial charge in [0.1, 0.15) is 5.82 Å². The molecule has 1 rings (SSSR count). The summed E-state index contributed by atoms with van der Waals surface area (Å²) in [5.74, 6) is 0.439. The van der Waals surface area contributed by atoms with Crippen LogP contribution in [0.2, 0.25) is 0 Å². The van der Waals surface area contributed by atoms with Gasteiger partial charge in [-0.15, -0.1) is 0 Å². The number of hydrogen-bond donors (Lipinski definition) is 1. The Labute approximate surface area is 96.5 Å². The fraction of sp³-hybridized carbons (Fsp3) is 0.500. The van der Waals surface area contributed by atoms with Gasteiger partial charge in [-0.25, -0.2) is 4.98 Å². The van der Waals surface area contributed by atoms with E-state index in [1.54, 1.807) is 17.0 Å². The molecular formula is C12H19N3O. The molecule has 0 spiro atoms. The van der Waals surface area contributed by atoms with E-state index in [4.69, 9.17) is 5.73 Å². The van der Waals surface area contributed by atoms with Gasteiger partial charge in [0.05, 0.1) is 5.56 Å². The molecule has 0 aromatic carbocycles. The molecule has 0 aliphatic carbocycles. The molecule has 2 N–H and O–H groups in total. The van der Waals surface area contributed by atoms with Gasteiger partial charge in [-0.3, -0.25) is 4.79 Å². The summed E-state index contributed by atoms with van der Waals surface area (Å²) in [7, 11) is 1.81. The predicted octanol–water partition coefficient (Wildman–Crippen LogP) is 1.93. The highest BCUT2D eigenvalue weighted by molar-refractivity contribution is 5.93. The lowest BCUT2D eigenvalue weighted by atomic mass is 10.2. The number of nitrogen functional groups attached to an aromatic ring is 1. The molecule has 0 fully saturated rings. The maximum atomic E-state index is 11.9. The molecule has 0 aliphatic heterocycles. The number of rotatable bonds is 5. The monoisotopic (exact) mass is 221 g/mol. The molecule has 1 aromatic rings. The number of carbonyl (C=O) groups excluding carboxylic acids is 1. The number of aromatic nitrogens is 1. The van der Waals surface area contributed by atoms with Crippen LogP contribution in [0.4, 0.5) is 5.82 Å². The third-order valence-electron chi connectivity index (χ3n) is 2.48. The van der Waals surface area contributed by atoms with Gasteiger partial charge in [-0.2, -0.15) is 0 Å². The fourth-order valence-corrected chi connectivity index (χ4v) is 1.45. The van der Waals surface area contributed by atoms with E-state index in [0.717, 1.165) is 25.8 Å². The first-order valence-corrected chi connectivity index (χ1v) is 5.62. The van der Waals surface area contributed by atoms with Crippen LogP contribution in [0.5, 0.6) is 0 Å². The lowest BCUT2D eigenvalue weighted by Crippen LogP contribution is -2.27. The second kappa shape index (κ2) is 6.10. The number of anilines is 1. The number of pyridine rings is 1. The van der Waals surface area contributed by atoms with Crippen LogP contribution in [0.25, 0.3) is 0 Å². The summed E-state index contributed by atoms with van der Waals surface area (Å²) < 4.78 is 0. The minimum absolute atomic E-state index is 0.00334. The average Bonchev–Trinajstić information content (AvgIpc) is 2.29. The highest BCUT2D eigenvalue weighted by Gasteiger charge is 2.10. The van der Waals surface area contributed by atoms with Crippen LogP contribution >= 0.6 is 0 Å². The van der Waals surface area contributed by atoms with Crippen LogP contribution in [-0.4, -0.2) is 29.4 Å². The van der Waals surface area contributed by atoms with Crippen molar-refractivity contribution in [2.24, 2.45) is 0 Å². The molecule has 0 atom stereocenters. The zero-order valence-corrected chi connectivity index (χ0v) is 9.94.